The van der Waals surface area contributed by atoms with Gasteiger partial charge < -0.3 is 9.73 Å². The number of nitrogens with one attached hydrogen (secondary N) is 1. The van der Waals surface area contributed by atoms with Crippen LogP contribution in [0.4, 0.5) is 11.4 Å². The number of anilines is 1. The van der Waals surface area contributed by atoms with Crippen molar-refractivity contribution in [1.29, 1.82) is 0 Å². The van der Waals surface area contributed by atoms with Crippen molar-refractivity contribution in [2.75, 3.05) is 5.32 Å². The highest BCUT2D eigenvalue weighted by Gasteiger charge is 2.23. The van der Waals surface area contributed by atoms with Crippen LogP contribution < -0.4 is 10.9 Å². The zero-order chi connectivity index (χ0) is 19.8. The van der Waals surface area contributed by atoms with Crippen molar-refractivity contribution < 1.29 is 4.42 Å². The second-order valence-corrected chi connectivity index (χ2v) is 7.37. The molecule has 1 atom stereocenters. The lowest BCUT2D eigenvalue weighted by molar-refractivity contribution is 0.559. The number of aliphatic imine (C=N–C) groups is 1. The van der Waals surface area contributed by atoms with Crippen LogP contribution in [0.15, 0.2) is 93.1 Å². The molecule has 0 radical (unpaired) electrons. The standard InChI is InChI=1S/C25H20N2O2/c1-16-10-12-17(13-11-16)22-15-23(27-21-8-4-3-7-20(21)26-22)19-14-18-6-2-5-9-24(18)29-25(19)28/h2-14,22,26H,15H2,1H3/t22-/m0/s1. The van der Waals surface area contributed by atoms with Crippen molar-refractivity contribution in [1.82, 2.24) is 0 Å². The molecular formula is C25H20N2O2. The Kier molecular flexibility index (Phi) is 4.24. The number of rotatable bonds is 2. The van der Waals surface area contributed by atoms with Gasteiger partial charge in [-0.2, -0.15) is 0 Å². The van der Waals surface area contributed by atoms with Gasteiger partial charge in [-0.05, 0) is 36.8 Å². The van der Waals surface area contributed by atoms with Gasteiger partial charge in [-0.15, -0.1) is 0 Å². The molecule has 4 aromatic rings. The summed E-state index contributed by atoms with van der Waals surface area (Å²) in [5, 5.41) is 4.50. The summed E-state index contributed by atoms with van der Waals surface area (Å²) in [5.41, 5.74) is 5.63. The molecule has 0 unspecified atom stereocenters. The van der Waals surface area contributed by atoms with E-state index in [9.17, 15) is 4.79 Å². The Labute approximate surface area is 168 Å². The Morgan fingerprint density at radius 2 is 1.72 bits per heavy atom. The summed E-state index contributed by atoms with van der Waals surface area (Å²) in [6.07, 6.45) is 0.584. The third-order valence-electron chi connectivity index (χ3n) is 5.32. The minimum absolute atomic E-state index is 0.00358. The summed E-state index contributed by atoms with van der Waals surface area (Å²) in [5.74, 6) is 0. The van der Waals surface area contributed by atoms with Gasteiger partial charge in [0.2, 0.25) is 0 Å². The second kappa shape index (κ2) is 7.06. The predicted octanol–water partition coefficient (Wildman–Crippen LogP) is 5.78. The largest absolute Gasteiger partial charge is 0.422 e. The quantitative estimate of drug-likeness (QED) is 0.449. The summed E-state index contributed by atoms with van der Waals surface area (Å²) in [7, 11) is 0. The molecule has 5 rings (SSSR count). The first kappa shape index (κ1) is 17.4. The highest BCUT2D eigenvalue weighted by molar-refractivity contribution is 6.05. The van der Waals surface area contributed by atoms with Crippen molar-refractivity contribution in [2.45, 2.75) is 19.4 Å². The third kappa shape index (κ3) is 3.34. The lowest BCUT2D eigenvalue weighted by atomic mass is 9.97. The molecule has 2 heterocycles. The van der Waals surface area contributed by atoms with Crippen molar-refractivity contribution in [3.63, 3.8) is 0 Å². The first-order chi connectivity index (χ1) is 14.2. The molecule has 0 saturated carbocycles. The van der Waals surface area contributed by atoms with Gasteiger partial charge in [0.05, 0.1) is 28.7 Å². The highest BCUT2D eigenvalue weighted by atomic mass is 16.4. The summed E-state index contributed by atoms with van der Waals surface area (Å²) < 4.78 is 5.57. The molecule has 142 valence electrons. The monoisotopic (exact) mass is 380 g/mol. The molecule has 0 aliphatic carbocycles. The Balaban J connectivity index is 1.66. The molecule has 4 heteroatoms. The number of hydrogen-bond donors (Lipinski definition) is 1. The first-order valence-electron chi connectivity index (χ1n) is 9.70. The molecule has 1 aliphatic heterocycles. The molecule has 29 heavy (non-hydrogen) atoms. The molecule has 3 aromatic carbocycles. The van der Waals surface area contributed by atoms with Crippen molar-refractivity contribution in [3.8, 4) is 0 Å². The highest BCUT2D eigenvalue weighted by Crippen LogP contribution is 2.35. The fraction of sp³-hybridized carbons (Fsp3) is 0.120. The van der Waals surface area contributed by atoms with Crippen LogP contribution in [-0.2, 0) is 0 Å². The van der Waals surface area contributed by atoms with Gasteiger partial charge in [0.25, 0.3) is 0 Å². The smallest absolute Gasteiger partial charge is 0.345 e. The summed E-state index contributed by atoms with van der Waals surface area (Å²) in [6, 6.07) is 25.8. The van der Waals surface area contributed by atoms with Crippen LogP contribution in [0.25, 0.3) is 11.0 Å². The predicted molar refractivity (Wildman–Crippen MR) is 117 cm³/mol. The van der Waals surface area contributed by atoms with Crippen LogP contribution in [0.3, 0.4) is 0 Å². The maximum Gasteiger partial charge on any atom is 0.345 e. The topological polar surface area (TPSA) is 54.6 Å². The molecular weight excluding hydrogens is 360 g/mol. The van der Waals surface area contributed by atoms with Gasteiger partial charge >= 0.3 is 5.63 Å². The van der Waals surface area contributed by atoms with Crippen molar-refractivity contribution >= 4 is 28.1 Å². The van der Waals surface area contributed by atoms with E-state index in [1.165, 1.54) is 5.56 Å². The average Bonchev–Trinajstić information content (AvgIpc) is 2.93. The molecule has 0 amide bonds. The maximum atomic E-state index is 12.8. The lowest BCUT2D eigenvalue weighted by Gasteiger charge is -2.19. The Hall–Kier alpha value is -3.66. The van der Waals surface area contributed by atoms with Crippen LogP contribution in [0.1, 0.15) is 29.2 Å². The van der Waals surface area contributed by atoms with E-state index in [0.717, 1.165) is 28.0 Å². The van der Waals surface area contributed by atoms with Gasteiger partial charge in [-0.1, -0.05) is 60.2 Å². The number of para-hydroxylation sites is 3. The SMILES string of the molecule is Cc1ccc([C@@H]2CC(c3cc4ccccc4oc3=O)=Nc3ccccc3N2)cc1. The van der Waals surface area contributed by atoms with E-state index < -0.39 is 0 Å². The molecule has 1 N–H and O–H groups in total. The fourth-order valence-corrected chi connectivity index (χ4v) is 3.75. The van der Waals surface area contributed by atoms with Crippen LogP contribution in [0.2, 0.25) is 0 Å². The Morgan fingerprint density at radius 3 is 2.59 bits per heavy atom. The van der Waals surface area contributed by atoms with Gasteiger partial charge in [0.15, 0.2) is 0 Å². The van der Waals surface area contributed by atoms with Gasteiger partial charge in [-0.25, -0.2) is 4.79 Å². The molecule has 1 aromatic heterocycles. The third-order valence-corrected chi connectivity index (χ3v) is 5.32. The normalized spacial score (nSPS) is 15.9. The van der Waals surface area contributed by atoms with Gasteiger partial charge in [0.1, 0.15) is 5.58 Å². The zero-order valence-corrected chi connectivity index (χ0v) is 16.1. The summed E-state index contributed by atoms with van der Waals surface area (Å²) in [4.78, 5) is 17.6. The number of hydrogen-bond acceptors (Lipinski definition) is 4. The maximum absolute atomic E-state index is 12.8. The molecule has 0 bridgehead atoms. The first-order valence-corrected chi connectivity index (χ1v) is 9.70. The Morgan fingerprint density at radius 1 is 0.966 bits per heavy atom. The number of nitrogens with zero attached hydrogens (tertiary/aromatic N) is 1. The van der Waals surface area contributed by atoms with E-state index in [2.05, 4.69) is 36.5 Å². The zero-order valence-electron chi connectivity index (χ0n) is 16.1. The van der Waals surface area contributed by atoms with Crippen molar-refractivity contribution in [2.24, 2.45) is 4.99 Å². The van der Waals surface area contributed by atoms with E-state index in [-0.39, 0.29) is 11.7 Å². The number of fused-ring (bicyclic) bond motifs is 2. The van der Waals surface area contributed by atoms with Gasteiger partial charge in [-0.3, -0.25) is 4.99 Å². The van der Waals surface area contributed by atoms with E-state index in [0.29, 0.717) is 17.6 Å². The van der Waals surface area contributed by atoms with E-state index in [1.54, 1.807) is 6.07 Å². The number of aryl methyl sites for hydroxylation is 1. The second-order valence-electron chi connectivity index (χ2n) is 7.37. The molecule has 0 fully saturated rings. The average molecular weight is 380 g/mol. The molecule has 1 aliphatic rings. The minimum Gasteiger partial charge on any atom is -0.422 e. The van der Waals surface area contributed by atoms with Crippen LogP contribution in [0, 0.1) is 6.92 Å². The summed E-state index contributed by atoms with van der Waals surface area (Å²) in [6.45, 7) is 2.08. The number of benzene rings is 3. The van der Waals surface area contributed by atoms with E-state index in [4.69, 9.17) is 9.41 Å². The summed E-state index contributed by atoms with van der Waals surface area (Å²) >= 11 is 0. The van der Waals surface area contributed by atoms with Gasteiger partial charge in [0, 0.05) is 11.8 Å². The fourth-order valence-electron chi connectivity index (χ4n) is 3.75. The van der Waals surface area contributed by atoms with Crippen LogP contribution in [-0.4, -0.2) is 5.71 Å². The molecule has 0 spiro atoms. The van der Waals surface area contributed by atoms with Crippen molar-refractivity contribution in [3.05, 3.63) is 106 Å². The van der Waals surface area contributed by atoms with E-state index >= 15 is 0 Å². The molecule has 0 saturated heterocycles. The lowest BCUT2D eigenvalue weighted by Crippen LogP contribution is -2.19. The minimum atomic E-state index is -0.357. The van der Waals surface area contributed by atoms with E-state index in [1.807, 2.05) is 48.5 Å². The molecule has 4 nitrogen and oxygen atoms in total. The van der Waals surface area contributed by atoms with Crippen LogP contribution >= 0.6 is 0 Å². The Bertz CT molecular complexity index is 1290. The van der Waals surface area contributed by atoms with Crippen LogP contribution in [0.5, 0.6) is 0 Å².